The van der Waals surface area contributed by atoms with Crippen LogP contribution >= 0.6 is 12.6 Å². The molecule has 0 aliphatic rings. The summed E-state index contributed by atoms with van der Waals surface area (Å²) in [6.45, 7) is 5.79. The molecule has 0 radical (unpaired) electrons. The summed E-state index contributed by atoms with van der Waals surface area (Å²) in [5.41, 5.74) is 12.7. The molecular formula is C24H30F2N4O3S. The van der Waals surface area contributed by atoms with Crippen LogP contribution in [0.5, 0.6) is 5.75 Å². The van der Waals surface area contributed by atoms with Gasteiger partial charge in [0.05, 0.1) is 12.3 Å². The number of carbonyl (C=O) groups is 1. The molecule has 3 aromatic rings. The predicted octanol–water partition coefficient (Wildman–Crippen LogP) is 3.47. The zero-order chi connectivity index (χ0) is 25.8. The second kappa shape index (κ2) is 14.1. The number of amides is 1. The first-order chi connectivity index (χ1) is 16.3. The number of primary amides is 1. The zero-order valence-corrected chi connectivity index (χ0v) is 20.5. The molecule has 0 aliphatic heterocycles. The van der Waals surface area contributed by atoms with Crippen LogP contribution in [-0.2, 0) is 4.79 Å². The molecule has 7 nitrogen and oxygen atoms in total. The third kappa shape index (κ3) is 7.13. The van der Waals surface area contributed by atoms with Gasteiger partial charge < -0.3 is 21.2 Å². The Kier molecular flexibility index (Phi) is 12.0. The molecule has 34 heavy (non-hydrogen) atoms. The maximum atomic E-state index is 14.7. The minimum atomic E-state index is -0.724. The van der Waals surface area contributed by atoms with E-state index in [2.05, 4.69) is 28.3 Å². The van der Waals surface area contributed by atoms with Gasteiger partial charge >= 0.3 is 0 Å². The third-order valence-electron chi connectivity index (χ3n) is 4.76. The monoisotopic (exact) mass is 492 g/mol. The molecule has 5 N–H and O–H groups in total. The van der Waals surface area contributed by atoms with E-state index >= 15 is 0 Å². The number of H-pyrrole nitrogens is 1. The molecular weight excluding hydrogens is 462 g/mol. The Labute approximate surface area is 203 Å². The van der Waals surface area contributed by atoms with E-state index in [0.29, 0.717) is 29.2 Å². The molecule has 10 heteroatoms. The number of nitrogens with zero attached hydrogens (tertiary/aromatic N) is 1. The van der Waals surface area contributed by atoms with Gasteiger partial charge in [0.1, 0.15) is 23.1 Å². The van der Waals surface area contributed by atoms with Crippen molar-refractivity contribution in [2.75, 3.05) is 19.4 Å². The van der Waals surface area contributed by atoms with Gasteiger partial charge in [0.2, 0.25) is 12.0 Å². The highest BCUT2D eigenvalue weighted by Gasteiger charge is 2.22. The van der Waals surface area contributed by atoms with E-state index in [9.17, 15) is 13.6 Å². The Bertz CT molecular complexity index is 1160. The summed E-state index contributed by atoms with van der Waals surface area (Å²) in [6.07, 6.45) is 3.49. The number of benzene rings is 1. The van der Waals surface area contributed by atoms with Gasteiger partial charge in [-0.2, -0.15) is 12.6 Å². The predicted molar refractivity (Wildman–Crippen MR) is 133 cm³/mol. The van der Waals surface area contributed by atoms with E-state index in [-0.39, 0.29) is 35.7 Å². The van der Waals surface area contributed by atoms with Crippen LogP contribution in [0.3, 0.4) is 0 Å². The topological polar surface area (TPSA) is 124 Å². The summed E-state index contributed by atoms with van der Waals surface area (Å²) >= 11 is 3.53. The minimum absolute atomic E-state index is 0.152. The van der Waals surface area contributed by atoms with Crippen molar-refractivity contribution in [1.82, 2.24) is 9.97 Å². The summed E-state index contributed by atoms with van der Waals surface area (Å²) < 4.78 is 34.2. The van der Waals surface area contributed by atoms with E-state index in [4.69, 9.17) is 15.3 Å². The molecule has 2 aromatic heterocycles. The molecule has 1 amide bonds. The molecule has 0 bridgehead atoms. The van der Waals surface area contributed by atoms with E-state index in [1.807, 2.05) is 19.9 Å². The highest BCUT2D eigenvalue weighted by atomic mass is 32.1. The lowest BCUT2D eigenvalue weighted by atomic mass is 9.94. The fourth-order valence-corrected chi connectivity index (χ4v) is 3.32. The zero-order valence-electron chi connectivity index (χ0n) is 19.6. The number of halogens is 2. The van der Waals surface area contributed by atoms with Gasteiger partial charge in [-0.1, -0.05) is 0 Å². The van der Waals surface area contributed by atoms with Crippen LogP contribution in [0, 0.1) is 25.5 Å². The lowest BCUT2D eigenvalue weighted by molar-refractivity contribution is -0.106. The summed E-state index contributed by atoms with van der Waals surface area (Å²) in [5, 5.41) is 0. The number of nitrogens with two attached hydrogens (primary N) is 2. The van der Waals surface area contributed by atoms with E-state index in [1.54, 1.807) is 25.4 Å². The van der Waals surface area contributed by atoms with E-state index in [1.165, 1.54) is 12.1 Å². The Morgan fingerprint density at radius 3 is 2.35 bits per heavy atom. The molecule has 0 saturated heterocycles. The average molecular weight is 493 g/mol. The van der Waals surface area contributed by atoms with Crippen molar-refractivity contribution in [3.8, 4) is 17.0 Å². The highest BCUT2D eigenvalue weighted by Crippen LogP contribution is 2.36. The van der Waals surface area contributed by atoms with Crippen molar-refractivity contribution in [2.45, 2.75) is 26.7 Å². The van der Waals surface area contributed by atoms with Crippen molar-refractivity contribution in [3.05, 3.63) is 80.9 Å². The van der Waals surface area contributed by atoms with Gasteiger partial charge in [0, 0.05) is 36.4 Å². The van der Waals surface area contributed by atoms with Crippen molar-refractivity contribution >= 4 is 19.0 Å². The molecule has 3 rings (SSSR count). The Morgan fingerprint density at radius 2 is 1.79 bits per heavy atom. The molecule has 2 heterocycles. The molecule has 0 saturated carbocycles. The van der Waals surface area contributed by atoms with Gasteiger partial charge in [-0.3, -0.25) is 9.59 Å². The average Bonchev–Trinajstić information content (AvgIpc) is 2.80. The molecule has 1 aromatic carbocycles. The van der Waals surface area contributed by atoms with Gasteiger partial charge in [0.25, 0.3) is 0 Å². The third-order valence-corrected chi connectivity index (χ3v) is 4.76. The maximum Gasteiger partial charge on any atom is 0.248 e. The quantitative estimate of drug-likeness (QED) is 0.310. The number of hydrogen-bond donors (Lipinski definition) is 4. The lowest BCUT2D eigenvalue weighted by Crippen LogP contribution is -2.18. The van der Waals surface area contributed by atoms with Gasteiger partial charge in [-0.25, -0.2) is 13.8 Å². The number of thiol groups is 1. The molecule has 184 valence electrons. The van der Waals surface area contributed by atoms with Crippen LogP contribution < -0.4 is 21.8 Å². The van der Waals surface area contributed by atoms with Crippen molar-refractivity contribution < 1.29 is 18.3 Å². The summed E-state index contributed by atoms with van der Waals surface area (Å²) in [4.78, 5) is 27.5. The summed E-state index contributed by atoms with van der Waals surface area (Å²) in [7, 11) is 0. The Balaban J connectivity index is 0.00000107. The molecule has 1 unspecified atom stereocenters. The first-order valence-electron chi connectivity index (χ1n) is 10.4. The first-order valence-corrected chi connectivity index (χ1v) is 11.3. The maximum absolute atomic E-state index is 14.7. The van der Waals surface area contributed by atoms with Crippen LogP contribution in [0.1, 0.15) is 35.2 Å². The number of hydrogen-bond acceptors (Lipinski definition) is 6. The van der Waals surface area contributed by atoms with Crippen LogP contribution in [0.2, 0.25) is 0 Å². The number of ether oxygens (including phenoxy) is 1. The first kappa shape index (κ1) is 28.8. The molecule has 0 fully saturated rings. The van der Waals surface area contributed by atoms with Gasteiger partial charge in [-0.15, -0.1) is 0 Å². The van der Waals surface area contributed by atoms with Crippen LogP contribution in [0.15, 0.2) is 41.3 Å². The fraction of sp³-hybridized carbons (Fsp3) is 0.292. The standard InChI is InChI=1S/C22H23F2N3O2.CH3NO.CH4S/c1-4-29-22-13(3)8-19(16(11-25)14-5-6-26-20(28)9-14)27-21(22)15-7-12(2)17(23)10-18(15)24;2-1-3;1-2/h5-10,16H,4,11,25H2,1-3H3,(H,26,28);1H,(H2,2,3);2H,1H3. The normalized spacial score (nSPS) is 10.8. The number of aryl methyl sites for hydroxylation is 2. The number of aromatic amines is 1. The number of aromatic nitrogens is 2. The summed E-state index contributed by atoms with van der Waals surface area (Å²) in [5.74, 6) is -1.28. The Morgan fingerprint density at radius 1 is 1.15 bits per heavy atom. The van der Waals surface area contributed by atoms with Crippen LogP contribution in [0.25, 0.3) is 11.3 Å². The second-order valence-electron chi connectivity index (χ2n) is 6.97. The Hall–Kier alpha value is -3.24. The molecule has 1 atom stereocenters. The fourth-order valence-electron chi connectivity index (χ4n) is 3.32. The van der Waals surface area contributed by atoms with E-state index < -0.39 is 11.6 Å². The number of pyridine rings is 2. The van der Waals surface area contributed by atoms with Crippen molar-refractivity contribution in [3.63, 3.8) is 0 Å². The largest absolute Gasteiger partial charge is 0.491 e. The highest BCUT2D eigenvalue weighted by molar-refractivity contribution is 7.79. The minimum Gasteiger partial charge on any atom is -0.491 e. The molecule has 0 aliphatic carbocycles. The second-order valence-corrected chi connectivity index (χ2v) is 6.97. The van der Waals surface area contributed by atoms with Gasteiger partial charge in [0.15, 0.2) is 0 Å². The molecule has 0 spiro atoms. The van der Waals surface area contributed by atoms with E-state index in [0.717, 1.165) is 11.6 Å². The van der Waals surface area contributed by atoms with Gasteiger partial charge in [-0.05, 0) is 61.9 Å². The van der Waals surface area contributed by atoms with Crippen molar-refractivity contribution in [2.24, 2.45) is 11.5 Å². The smallest absolute Gasteiger partial charge is 0.248 e. The van der Waals surface area contributed by atoms with Crippen LogP contribution in [0.4, 0.5) is 8.78 Å². The number of nitrogens with one attached hydrogen (secondary N) is 1. The van der Waals surface area contributed by atoms with Crippen LogP contribution in [-0.4, -0.2) is 35.8 Å². The SMILES string of the molecule is CCOc1c(C)cc(C(CN)c2cc[nH]c(=O)c2)nc1-c1cc(C)c(F)cc1F.CS.NC=O. The van der Waals surface area contributed by atoms with Crippen molar-refractivity contribution in [1.29, 1.82) is 0 Å². The number of carbonyl (C=O) groups excluding carboxylic acids is 1. The lowest BCUT2D eigenvalue weighted by Gasteiger charge is -2.20. The summed E-state index contributed by atoms with van der Waals surface area (Å²) in [6, 6.07) is 7.31. The number of rotatable bonds is 6.